The first-order valence-electron chi connectivity index (χ1n) is 4.02. The van der Waals surface area contributed by atoms with Crippen molar-refractivity contribution in [2.24, 2.45) is 5.73 Å². The number of halogens is 1. The Morgan fingerprint density at radius 3 is 2.86 bits per heavy atom. The van der Waals surface area contributed by atoms with Crippen LogP contribution in [0.4, 0.5) is 0 Å². The standard InChI is InChI=1S/C10H7ClN2S/c11-7-1-2-8-6(5-7)3-4-13-9(8)10(12)14/h1-5H,(H2,12,14). The van der Waals surface area contributed by atoms with Gasteiger partial charge in [-0.15, -0.1) is 0 Å². The van der Waals surface area contributed by atoms with Gasteiger partial charge in [0.25, 0.3) is 0 Å². The Hall–Kier alpha value is -1.19. The van der Waals surface area contributed by atoms with Crippen LogP contribution in [0.3, 0.4) is 0 Å². The molecule has 0 aliphatic rings. The number of rotatable bonds is 1. The molecule has 4 heteroatoms. The summed E-state index contributed by atoms with van der Waals surface area (Å²) in [6.45, 7) is 0. The van der Waals surface area contributed by atoms with Crippen molar-refractivity contribution in [2.45, 2.75) is 0 Å². The molecule has 0 amide bonds. The van der Waals surface area contributed by atoms with Crippen LogP contribution in [-0.2, 0) is 0 Å². The van der Waals surface area contributed by atoms with Crippen LogP contribution >= 0.6 is 23.8 Å². The summed E-state index contributed by atoms with van der Waals surface area (Å²) < 4.78 is 0. The Labute approximate surface area is 91.7 Å². The zero-order valence-corrected chi connectivity index (χ0v) is 8.77. The molecular weight excluding hydrogens is 216 g/mol. The van der Waals surface area contributed by atoms with E-state index in [-0.39, 0.29) is 0 Å². The normalized spacial score (nSPS) is 10.4. The van der Waals surface area contributed by atoms with Crippen LogP contribution in [0.15, 0.2) is 30.5 Å². The summed E-state index contributed by atoms with van der Waals surface area (Å²) in [5, 5.41) is 2.62. The Bertz CT molecular complexity index is 510. The number of thiocarbonyl (C=S) groups is 1. The molecule has 2 N–H and O–H groups in total. The van der Waals surface area contributed by atoms with Crippen molar-refractivity contribution in [3.8, 4) is 0 Å². The van der Waals surface area contributed by atoms with Crippen molar-refractivity contribution in [1.29, 1.82) is 0 Å². The fourth-order valence-corrected chi connectivity index (χ4v) is 1.69. The molecule has 1 aromatic heterocycles. The predicted molar refractivity (Wildman–Crippen MR) is 62.6 cm³/mol. The van der Waals surface area contributed by atoms with E-state index in [9.17, 15) is 0 Å². The minimum absolute atomic E-state index is 0.304. The summed E-state index contributed by atoms with van der Waals surface area (Å²) in [7, 11) is 0. The zero-order valence-electron chi connectivity index (χ0n) is 7.20. The minimum Gasteiger partial charge on any atom is -0.388 e. The van der Waals surface area contributed by atoms with Gasteiger partial charge in [0.15, 0.2) is 0 Å². The molecule has 2 rings (SSSR count). The molecule has 0 bridgehead atoms. The van der Waals surface area contributed by atoms with Crippen LogP contribution in [0.25, 0.3) is 10.8 Å². The summed E-state index contributed by atoms with van der Waals surface area (Å²) >= 11 is 10.8. The van der Waals surface area contributed by atoms with Crippen LogP contribution in [0.5, 0.6) is 0 Å². The largest absolute Gasteiger partial charge is 0.388 e. The fraction of sp³-hybridized carbons (Fsp3) is 0. The van der Waals surface area contributed by atoms with Gasteiger partial charge in [0.1, 0.15) is 10.7 Å². The van der Waals surface area contributed by atoms with Gasteiger partial charge in [-0.2, -0.15) is 0 Å². The Morgan fingerprint density at radius 2 is 2.14 bits per heavy atom. The van der Waals surface area contributed by atoms with E-state index in [2.05, 4.69) is 4.98 Å². The average Bonchev–Trinajstić information content (AvgIpc) is 2.16. The lowest BCUT2D eigenvalue weighted by Gasteiger charge is -2.03. The quantitative estimate of drug-likeness (QED) is 0.754. The van der Waals surface area contributed by atoms with Gasteiger partial charge in [0.2, 0.25) is 0 Å². The van der Waals surface area contributed by atoms with Gasteiger partial charge in [-0.1, -0.05) is 29.9 Å². The number of hydrogen-bond acceptors (Lipinski definition) is 2. The highest BCUT2D eigenvalue weighted by Crippen LogP contribution is 2.20. The van der Waals surface area contributed by atoms with Crippen LogP contribution in [0, 0.1) is 0 Å². The Balaban J connectivity index is 2.81. The highest BCUT2D eigenvalue weighted by Gasteiger charge is 2.04. The lowest BCUT2D eigenvalue weighted by molar-refractivity contribution is 1.33. The molecule has 70 valence electrons. The van der Waals surface area contributed by atoms with Gasteiger partial charge in [0.05, 0.1) is 0 Å². The molecule has 1 heterocycles. The number of benzene rings is 1. The summed E-state index contributed by atoms with van der Waals surface area (Å²) in [5.74, 6) is 0. The van der Waals surface area contributed by atoms with Crippen molar-refractivity contribution < 1.29 is 0 Å². The van der Waals surface area contributed by atoms with Gasteiger partial charge in [-0.05, 0) is 23.6 Å². The van der Waals surface area contributed by atoms with E-state index in [1.54, 1.807) is 12.3 Å². The number of aromatic nitrogens is 1. The molecule has 0 atom stereocenters. The van der Waals surface area contributed by atoms with Crippen LogP contribution in [0.1, 0.15) is 5.69 Å². The maximum atomic E-state index is 5.87. The van der Waals surface area contributed by atoms with Crippen LogP contribution < -0.4 is 5.73 Å². The van der Waals surface area contributed by atoms with Crippen molar-refractivity contribution in [2.75, 3.05) is 0 Å². The minimum atomic E-state index is 0.304. The summed E-state index contributed by atoms with van der Waals surface area (Å²) in [5.41, 5.74) is 6.20. The third-order valence-electron chi connectivity index (χ3n) is 1.96. The summed E-state index contributed by atoms with van der Waals surface area (Å²) in [6.07, 6.45) is 1.67. The molecule has 1 aromatic carbocycles. The Morgan fingerprint density at radius 1 is 1.36 bits per heavy atom. The summed E-state index contributed by atoms with van der Waals surface area (Å²) in [6, 6.07) is 7.41. The van der Waals surface area contributed by atoms with E-state index in [1.807, 2.05) is 18.2 Å². The zero-order chi connectivity index (χ0) is 10.1. The SMILES string of the molecule is NC(=S)c1nccc2cc(Cl)ccc12. The molecule has 2 nitrogen and oxygen atoms in total. The molecule has 0 radical (unpaired) electrons. The van der Waals surface area contributed by atoms with E-state index in [0.717, 1.165) is 10.8 Å². The highest BCUT2D eigenvalue weighted by atomic mass is 35.5. The second kappa shape index (κ2) is 3.52. The lowest BCUT2D eigenvalue weighted by Crippen LogP contribution is -2.11. The second-order valence-corrected chi connectivity index (χ2v) is 3.77. The monoisotopic (exact) mass is 222 g/mol. The molecule has 14 heavy (non-hydrogen) atoms. The molecule has 0 spiro atoms. The lowest BCUT2D eigenvalue weighted by atomic mass is 10.1. The maximum absolute atomic E-state index is 5.87. The molecule has 2 aromatic rings. The third-order valence-corrected chi connectivity index (χ3v) is 2.39. The predicted octanol–water partition coefficient (Wildman–Crippen LogP) is 2.52. The van der Waals surface area contributed by atoms with Crippen molar-refractivity contribution in [1.82, 2.24) is 4.98 Å². The highest BCUT2D eigenvalue weighted by molar-refractivity contribution is 7.80. The molecule has 0 saturated carbocycles. The second-order valence-electron chi connectivity index (χ2n) is 2.89. The smallest absolute Gasteiger partial charge is 0.123 e. The molecule has 0 unspecified atom stereocenters. The first kappa shape index (κ1) is 9.37. The van der Waals surface area contributed by atoms with Gasteiger partial charge in [-0.3, -0.25) is 4.98 Å². The molecule has 0 aliphatic carbocycles. The van der Waals surface area contributed by atoms with Gasteiger partial charge >= 0.3 is 0 Å². The number of nitrogens with zero attached hydrogens (tertiary/aromatic N) is 1. The van der Waals surface area contributed by atoms with Crippen molar-refractivity contribution >= 4 is 39.6 Å². The molecule has 0 saturated heterocycles. The number of hydrogen-bond donors (Lipinski definition) is 1. The van der Waals surface area contributed by atoms with E-state index in [0.29, 0.717) is 15.7 Å². The van der Waals surface area contributed by atoms with Crippen LogP contribution in [0.2, 0.25) is 5.02 Å². The van der Waals surface area contributed by atoms with E-state index in [1.165, 1.54) is 0 Å². The number of pyridine rings is 1. The van der Waals surface area contributed by atoms with Crippen molar-refractivity contribution in [3.05, 3.63) is 41.2 Å². The van der Waals surface area contributed by atoms with Gasteiger partial charge < -0.3 is 5.73 Å². The molecular formula is C10H7ClN2S. The average molecular weight is 223 g/mol. The van der Waals surface area contributed by atoms with Gasteiger partial charge in [0, 0.05) is 16.6 Å². The maximum Gasteiger partial charge on any atom is 0.123 e. The summed E-state index contributed by atoms with van der Waals surface area (Å²) in [4.78, 5) is 4.43. The van der Waals surface area contributed by atoms with E-state index < -0.39 is 0 Å². The number of nitrogens with two attached hydrogens (primary N) is 1. The molecule has 0 fully saturated rings. The van der Waals surface area contributed by atoms with Crippen molar-refractivity contribution in [3.63, 3.8) is 0 Å². The fourth-order valence-electron chi connectivity index (χ4n) is 1.35. The topological polar surface area (TPSA) is 38.9 Å². The first-order chi connectivity index (χ1) is 6.68. The van der Waals surface area contributed by atoms with Gasteiger partial charge in [-0.25, -0.2) is 0 Å². The van der Waals surface area contributed by atoms with E-state index in [4.69, 9.17) is 29.6 Å². The Kier molecular flexibility index (Phi) is 2.35. The first-order valence-corrected chi connectivity index (χ1v) is 4.81. The third kappa shape index (κ3) is 1.56. The van der Waals surface area contributed by atoms with Crippen LogP contribution in [-0.4, -0.2) is 9.97 Å². The molecule has 0 aliphatic heterocycles. The number of fused-ring (bicyclic) bond motifs is 1. The van der Waals surface area contributed by atoms with E-state index >= 15 is 0 Å².